The number of hydrogen-bond acceptors (Lipinski definition) is 7. The van der Waals surface area contributed by atoms with Crippen LogP contribution in [0.25, 0.3) is 0 Å². The molecule has 0 unspecified atom stereocenters. The predicted octanol–water partition coefficient (Wildman–Crippen LogP) is 2.45. The SMILES string of the molecule is COCCn1c(CN(C)Cc2ccncn2)cnc1S(=O)(=O)C1CCCCCC1. The molecule has 2 heterocycles. The lowest BCUT2D eigenvalue weighted by Crippen LogP contribution is -2.26. The number of imidazole rings is 1. The molecule has 0 saturated heterocycles. The second-order valence-corrected chi connectivity index (χ2v) is 9.83. The van der Waals surface area contributed by atoms with E-state index in [0.717, 1.165) is 49.9 Å². The topological polar surface area (TPSA) is 90.2 Å². The molecule has 2 aromatic rings. The van der Waals surface area contributed by atoms with Crippen LogP contribution < -0.4 is 0 Å². The third-order valence-corrected chi connectivity index (χ3v) is 7.61. The van der Waals surface area contributed by atoms with Gasteiger partial charge in [-0.15, -0.1) is 0 Å². The number of ether oxygens (including phenoxy) is 1. The average molecular weight is 422 g/mol. The van der Waals surface area contributed by atoms with Gasteiger partial charge in [0.15, 0.2) is 0 Å². The molecule has 160 valence electrons. The van der Waals surface area contributed by atoms with Crippen molar-refractivity contribution in [2.24, 2.45) is 0 Å². The largest absolute Gasteiger partial charge is 0.383 e. The first-order chi connectivity index (χ1) is 14.0. The molecule has 0 aromatic carbocycles. The minimum absolute atomic E-state index is 0.187. The highest BCUT2D eigenvalue weighted by atomic mass is 32.2. The Balaban J connectivity index is 1.82. The van der Waals surface area contributed by atoms with E-state index in [1.165, 1.54) is 6.33 Å². The number of aromatic nitrogens is 4. The first kappa shape index (κ1) is 21.9. The maximum absolute atomic E-state index is 13.4. The van der Waals surface area contributed by atoms with Crippen LogP contribution in [0, 0.1) is 0 Å². The van der Waals surface area contributed by atoms with E-state index in [0.29, 0.717) is 26.2 Å². The zero-order chi connectivity index (χ0) is 20.7. The monoisotopic (exact) mass is 421 g/mol. The van der Waals surface area contributed by atoms with Crippen molar-refractivity contribution < 1.29 is 13.2 Å². The van der Waals surface area contributed by atoms with Crippen LogP contribution in [0.15, 0.2) is 29.9 Å². The second kappa shape index (κ2) is 10.3. The number of nitrogens with zero attached hydrogens (tertiary/aromatic N) is 5. The van der Waals surface area contributed by atoms with Crippen LogP contribution in [0.5, 0.6) is 0 Å². The van der Waals surface area contributed by atoms with Crippen LogP contribution in [0.3, 0.4) is 0 Å². The molecule has 1 saturated carbocycles. The summed E-state index contributed by atoms with van der Waals surface area (Å²) in [6.07, 6.45) is 10.6. The van der Waals surface area contributed by atoms with E-state index in [1.54, 1.807) is 19.5 Å². The Morgan fingerprint density at radius 3 is 2.59 bits per heavy atom. The zero-order valence-electron chi connectivity index (χ0n) is 17.3. The summed E-state index contributed by atoms with van der Waals surface area (Å²) in [5.74, 6) is 0. The molecular weight excluding hydrogens is 390 g/mol. The van der Waals surface area contributed by atoms with Gasteiger partial charge in [0.1, 0.15) is 6.33 Å². The molecule has 9 heteroatoms. The van der Waals surface area contributed by atoms with Gasteiger partial charge < -0.3 is 9.30 Å². The van der Waals surface area contributed by atoms with Gasteiger partial charge in [0, 0.05) is 32.9 Å². The van der Waals surface area contributed by atoms with Crippen molar-refractivity contribution in [3.05, 3.63) is 36.2 Å². The highest BCUT2D eigenvalue weighted by molar-refractivity contribution is 7.91. The fourth-order valence-corrected chi connectivity index (χ4v) is 5.86. The lowest BCUT2D eigenvalue weighted by molar-refractivity contribution is 0.181. The molecule has 0 N–H and O–H groups in total. The molecule has 0 amide bonds. The Morgan fingerprint density at radius 2 is 1.93 bits per heavy atom. The lowest BCUT2D eigenvalue weighted by Gasteiger charge is -2.20. The van der Waals surface area contributed by atoms with E-state index in [1.807, 2.05) is 17.7 Å². The first-order valence-corrected chi connectivity index (χ1v) is 11.8. The van der Waals surface area contributed by atoms with Crippen LogP contribution in [0.1, 0.15) is 49.9 Å². The molecule has 0 atom stereocenters. The van der Waals surface area contributed by atoms with Gasteiger partial charge in [0.2, 0.25) is 15.0 Å². The van der Waals surface area contributed by atoms with Crippen LogP contribution >= 0.6 is 0 Å². The van der Waals surface area contributed by atoms with Crippen molar-refractivity contribution in [3.63, 3.8) is 0 Å². The molecular formula is C20H31N5O3S. The second-order valence-electron chi connectivity index (χ2n) is 7.71. The smallest absolute Gasteiger partial charge is 0.228 e. The van der Waals surface area contributed by atoms with Crippen LogP contribution in [-0.4, -0.2) is 58.9 Å². The normalized spacial score (nSPS) is 16.2. The van der Waals surface area contributed by atoms with Crippen molar-refractivity contribution in [2.45, 2.75) is 68.6 Å². The summed E-state index contributed by atoms with van der Waals surface area (Å²) in [5, 5.41) is -0.146. The molecule has 1 fully saturated rings. The molecule has 0 radical (unpaired) electrons. The average Bonchev–Trinajstić information content (AvgIpc) is 2.91. The predicted molar refractivity (Wildman–Crippen MR) is 110 cm³/mol. The van der Waals surface area contributed by atoms with Crippen LogP contribution in [0.4, 0.5) is 0 Å². The quantitative estimate of drug-likeness (QED) is 0.574. The Bertz CT molecular complexity index is 861. The van der Waals surface area contributed by atoms with Gasteiger partial charge >= 0.3 is 0 Å². The van der Waals surface area contributed by atoms with Gasteiger partial charge in [-0.3, -0.25) is 4.90 Å². The minimum Gasteiger partial charge on any atom is -0.383 e. The number of rotatable bonds is 9. The number of methoxy groups -OCH3 is 1. The van der Waals surface area contributed by atoms with Gasteiger partial charge in [-0.25, -0.2) is 23.4 Å². The summed E-state index contributed by atoms with van der Waals surface area (Å²) >= 11 is 0. The fourth-order valence-electron chi connectivity index (χ4n) is 3.89. The Hall–Kier alpha value is -1.84. The Labute approximate surface area is 173 Å². The minimum atomic E-state index is -3.46. The van der Waals surface area contributed by atoms with Crippen molar-refractivity contribution in [1.29, 1.82) is 0 Å². The van der Waals surface area contributed by atoms with E-state index >= 15 is 0 Å². The number of sulfone groups is 1. The molecule has 0 spiro atoms. The molecule has 1 aliphatic rings. The standard InChI is InChI=1S/C20H31N5O3S/c1-24(14-17-9-10-21-16-23-17)15-18-13-22-20(25(18)11-12-28-2)29(26,27)19-7-5-3-4-6-8-19/h9-10,13,16,19H,3-8,11-12,14-15H2,1-2H3. The van der Waals surface area contributed by atoms with E-state index in [4.69, 9.17) is 4.74 Å². The van der Waals surface area contributed by atoms with E-state index in [9.17, 15) is 8.42 Å². The van der Waals surface area contributed by atoms with Crippen LogP contribution in [0.2, 0.25) is 0 Å². The third kappa shape index (κ3) is 5.61. The summed E-state index contributed by atoms with van der Waals surface area (Å²) < 4.78 is 33.8. The van der Waals surface area contributed by atoms with Gasteiger partial charge in [-0.05, 0) is 26.0 Å². The zero-order valence-corrected chi connectivity index (χ0v) is 18.1. The molecule has 8 nitrogen and oxygen atoms in total. The van der Waals surface area contributed by atoms with E-state index < -0.39 is 9.84 Å². The Kier molecular flexibility index (Phi) is 7.74. The fraction of sp³-hybridized carbons (Fsp3) is 0.650. The molecule has 2 aromatic heterocycles. The third-order valence-electron chi connectivity index (χ3n) is 5.42. The first-order valence-electron chi connectivity index (χ1n) is 10.2. The summed E-state index contributed by atoms with van der Waals surface area (Å²) in [6, 6.07) is 1.88. The maximum Gasteiger partial charge on any atom is 0.228 e. The molecule has 0 aliphatic heterocycles. The summed E-state index contributed by atoms with van der Waals surface area (Å²) in [6.45, 7) is 2.12. The highest BCUT2D eigenvalue weighted by Crippen LogP contribution is 2.28. The molecule has 29 heavy (non-hydrogen) atoms. The van der Waals surface area contributed by atoms with Crippen LogP contribution in [-0.2, 0) is 34.2 Å². The van der Waals surface area contributed by atoms with Crippen molar-refractivity contribution >= 4 is 9.84 Å². The molecule has 0 bridgehead atoms. The van der Waals surface area contributed by atoms with E-state index in [2.05, 4.69) is 19.9 Å². The van der Waals surface area contributed by atoms with Gasteiger partial charge in [-0.2, -0.15) is 0 Å². The highest BCUT2D eigenvalue weighted by Gasteiger charge is 2.32. The van der Waals surface area contributed by atoms with E-state index in [-0.39, 0.29) is 10.4 Å². The molecule has 3 rings (SSSR count). The maximum atomic E-state index is 13.4. The summed E-state index contributed by atoms with van der Waals surface area (Å²) in [7, 11) is 0.141. The lowest BCUT2D eigenvalue weighted by atomic mass is 10.2. The van der Waals surface area contributed by atoms with Crippen molar-refractivity contribution in [3.8, 4) is 0 Å². The van der Waals surface area contributed by atoms with Crippen molar-refractivity contribution in [2.75, 3.05) is 20.8 Å². The Morgan fingerprint density at radius 1 is 1.17 bits per heavy atom. The summed E-state index contributed by atoms with van der Waals surface area (Å²) in [4.78, 5) is 14.7. The summed E-state index contributed by atoms with van der Waals surface area (Å²) in [5.41, 5.74) is 1.78. The van der Waals surface area contributed by atoms with Crippen molar-refractivity contribution in [1.82, 2.24) is 24.4 Å². The van der Waals surface area contributed by atoms with Gasteiger partial charge in [0.25, 0.3) is 0 Å². The van der Waals surface area contributed by atoms with Gasteiger partial charge in [-0.1, -0.05) is 25.7 Å². The molecule has 1 aliphatic carbocycles. The van der Waals surface area contributed by atoms with Gasteiger partial charge in [0.05, 0.1) is 29.4 Å². The number of hydrogen-bond donors (Lipinski definition) is 0.